The molecule has 0 bridgehead atoms. The zero-order valence-corrected chi connectivity index (χ0v) is 15.7. The lowest BCUT2D eigenvalue weighted by Crippen LogP contribution is -2.32. The van der Waals surface area contributed by atoms with Gasteiger partial charge in [0.25, 0.3) is 0 Å². The van der Waals surface area contributed by atoms with Crippen LogP contribution in [0, 0.1) is 0 Å². The number of aromatic nitrogens is 2. The van der Waals surface area contributed by atoms with Crippen LogP contribution in [0.3, 0.4) is 0 Å². The quantitative estimate of drug-likeness (QED) is 0.798. The molecule has 132 valence electrons. The van der Waals surface area contributed by atoms with E-state index >= 15 is 0 Å². The molecule has 1 aliphatic heterocycles. The maximum Gasteiger partial charge on any atom is 0.221 e. The second kappa shape index (κ2) is 10.6. The Morgan fingerprint density at radius 1 is 1.33 bits per heavy atom. The van der Waals surface area contributed by atoms with E-state index in [1.807, 2.05) is 23.6 Å². The summed E-state index contributed by atoms with van der Waals surface area (Å²) < 4.78 is 0. The smallest absolute Gasteiger partial charge is 0.221 e. The van der Waals surface area contributed by atoms with E-state index in [0.29, 0.717) is 19.0 Å². The van der Waals surface area contributed by atoms with Gasteiger partial charge in [-0.3, -0.25) is 9.78 Å². The van der Waals surface area contributed by atoms with Gasteiger partial charge >= 0.3 is 0 Å². The highest BCUT2D eigenvalue weighted by atomic mass is 35.5. The summed E-state index contributed by atoms with van der Waals surface area (Å²) in [6, 6.07) is 6.16. The van der Waals surface area contributed by atoms with Gasteiger partial charge in [0.05, 0.1) is 16.4 Å². The number of carbonyl (C=O) groups excluding carboxylic acids is 1. The van der Waals surface area contributed by atoms with Crippen molar-refractivity contribution in [3.05, 3.63) is 34.8 Å². The van der Waals surface area contributed by atoms with E-state index < -0.39 is 0 Å². The highest BCUT2D eigenvalue weighted by Crippen LogP contribution is 2.19. The van der Waals surface area contributed by atoms with Crippen LogP contribution in [-0.4, -0.2) is 35.0 Å². The fourth-order valence-electron chi connectivity index (χ4n) is 2.59. The molecule has 24 heavy (non-hydrogen) atoms. The molecule has 1 saturated heterocycles. The molecule has 1 amide bonds. The number of thiazole rings is 1. The Hall–Kier alpha value is -1.21. The van der Waals surface area contributed by atoms with Crippen molar-refractivity contribution < 1.29 is 4.79 Å². The molecule has 1 aliphatic rings. The van der Waals surface area contributed by atoms with E-state index in [0.717, 1.165) is 35.8 Å². The molecular weight excluding hydrogens is 367 g/mol. The minimum Gasteiger partial charge on any atom is -0.356 e. The summed E-state index contributed by atoms with van der Waals surface area (Å²) in [5.41, 5.74) is 1.79. The van der Waals surface area contributed by atoms with E-state index in [9.17, 15) is 4.79 Å². The van der Waals surface area contributed by atoms with Crippen molar-refractivity contribution in [1.29, 1.82) is 0 Å². The standard InChI is InChI=1S/C16H20N4OS.2ClH/c21-15(10-12-4-3-8-17-12)19-9-6-16-20-14(11-22-16)13-5-1-2-7-18-13;;/h1-2,5,7,11-12,17H,3-4,6,8-10H2,(H,19,21);2*1H. The zero-order chi connectivity index (χ0) is 15.2. The number of nitrogens with zero attached hydrogens (tertiary/aromatic N) is 2. The van der Waals surface area contributed by atoms with Crippen LogP contribution in [0.4, 0.5) is 0 Å². The molecule has 2 aromatic heterocycles. The summed E-state index contributed by atoms with van der Waals surface area (Å²) in [5, 5.41) is 9.36. The molecule has 8 heteroatoms. The minimum atomic E-state index is 0. The van der Waals surface area contributed by atoms with Crippen LogP contribution in [-0.2, 0) is 11.2 Å². The normalized spacial score (nSPS) is 16.1. The first-order valence-electron chi connectivity index (χ1n) is 7.67. The van der Waals surface area contributed by atoms with Crippen molar-refractivity contribution in [3.8, 4) is 11.4 Å². The number of halogens is 2. The largest absolute Gasteiger partial charge is 0.356 e. The van der Waals surface area contributed by atoms with E-state index in [1.165, 1.54) is 6.42 Å². The molecule has 0 spiro atoms. The third-order valence-corrected chi connectivity index (χ3v) is 4.64. The van der Waals surface area contributed by atoms with Crippen LogP contribution in [0.1, 0.15) is 24.3 Å². The van der Waals surface area contributed by atoms with Crippen LogP contribution in [0.25, 0.3) is 11.4 Å². The summed E-state index contributed by atoms with van der Waals surface area (Å²) in [6.45, 7) is 1.67. The van der Waals surface area contributed by atoms with E-state index in [4.69, 9.17) is 0 Å². The Labute approximate surface area is 158 Å². The van der Waals surface area contributed by atoms with Gasteiger partial charge in [-0.1, -0.05) is 6.07 Å². The van der Waals surface area contributed by atoms with Gasteiger partial charge in [-0.15, -0.1) is 36.2 Å². The van der Waals surface area contributed by atoms with Crippen LogP contribution in [0.5, 0.6) is 0 Å². The molecule has 1 unspecified atom stereocenters. The summed E-state index contributed by atoms with van der Waals surface area (Å²) in [7, 11) is 0. The molecule has 1 fully saturated rings. The van der Waals surface area contributed by atoms with Gasteiger partial charge in [0.15, 0.2) is 0 Å². The first-order valence-corrected chi connectivity index (χ1v) is 8.55. The Balaban J connectivity index is 0.00000144. The summed E-state index contributed by atoms with van der Waals surface area (Å²) >= 11 is 1.61. The van der Waals surface area contributed by atoms with E-state index in [-0.39, 0.29) is 30.7 Å². The van der Waals surface area contributed by atoms with Gasteiger partial charge < -0.3 is 10.6 Å². The Kier molecular flexibility index (Phi) is 9.21. The second-order valence-electron chi connectivity index (χ2n) is 5.44. The Morgan fingerprint density at radius 2 is 2.21 bits per heavy atom. The fraction of sp³-hybridized carbons (Fsp3) is 0.438. The minimum absolute atomic E-state index is 0. The van der Waals surface area contributed by atoms with Gasteiger partial charge in [0.1, 0.15) is 0 Å². The van der Waals surface area contributed by atoms with Crippen molar-refractivity contribution in [2.75, 3.05) is 13.1 Å². The second-order valence-corrected chi connectivity index (χ2v) is 6.38. The molecule has 3 rings (SSSR count). The van der Waals surface area contributed by atoms with Gasteiger partial charge in [0.2, 0.25) is 5.91 Å². The van der Waals surface area contributed by atoms with Gasteiger partial charge in [-0.05, 0) is 31.5 Å². The molecular formula is C16H22Cl2N4OS. The predicted octanol–water partition coefficient (Wildman–Crippen LogP) is 2.85. The average molecular weight is 389 g/mol. The first-order chi connectivity index (χ1) is 10.8. The first kappa shape index (κ1) is 20.8. The van der Waals surface area contributed by atoms with Crippen molar-refractivity contribution in [2.24, 2.45) is 0 Å². The SMILES string of the molecule is Cl.Cl.O=C(CC1CCCN1)NCCc1nc(-c2ccccn2)cs1. The average Bonchev–Trinajstić information content (AvgIpc) is 3.20. The number of amides is 1. The topological polar surface area (TPSA) is 66.9 Å². The fourth-order valence-corrected chi connectivity index (χ4v) is 3.39. The van der Waals surface area contributed by atoms with Crippen molar-refractivity contribution in [2.45, 2.75) is 31.7 Å². The molecule has 0 aliphatic carbocycles. The lowest BCUT2D eigenvalue weighted by Gasteiger charge is -2.09. The lowest BCUT2D eigenvalue weighted by molar-refractivity contribution is -0.121. The highest BCUT2D eigenvalue weighted by molar-refractivity contribution is 7.09. The maximum absolute atomic E-state index is 11.8. The lowest BCUT2D eigenvalue weighted by atomic mass is 10.1. The summed E-state index contributed by atoms with van der Waals surface area (Å²) in [5.74, 6) is 0.126. The molecule has 2 aromatic rings. The van der Waals surface area contributed by atoms with Crippen molar-refractivity contribution >= 4 is 42.1 Å². The monoisotopic (exact) mass is 388 g/mol. The molecule has 2 N–H and O–H groups in total. The van der Waals surface area contributed by atoms with Crippen molar-refractivity contribution in [1.82, 2.24) is 20.6 Å². The number of pyridine rings is 1. The highest BCUT2D eigenvalue weighted by Gasteiger charge is 2.17. The number of hydrogen-bond acceptors (Lipinski definition) is 5. The molecule has 3 heterocycles. The Bertz CT molecular complexity index is 618. The predicted molar refractivity (Wildman–Crippen MR) is 102 cm³/mol. The van der Waals surface area contributed by atoms with E-state index in [2.05, 4.69) is 20.6 Å². The molecule has 1 atom stereocenters. The number of hydrogen-bond donors (Lipinski definition) is 2. The molecule has 0 saturated carbocycles. The van der Waals surface area contributed by atoms with Crippen molar-refractivity contribution in [3.63, 3.8) is 0 Å². The van der Waals surface area contributed by atoms with Crippen LogP contribution < -0.4 is 10.6 Å². The maximum atomic E-state index is 11.8. The van der Waals surface area contributed by atoms with Crippen LogP contribution in [0.15, 0.2) is 29.8 Å². The number of nitrogens with one attached hydrogen (secondary N) is 2. The summed E-state index contributed by atoms with van der Waals surface area (Å²) in [4.78, 5) is 20.7. The number of rotatable bonds is 6. The van der Waals surface area contributed by atoms with Gasteiger partial charge in [-0.2, -0.15) is 0 Å². The van der Waals surface area contributed by atoms with Gasteiger partial charge in [0, 0.05) is 37.0 Å². The Morgan fingerprint density at radius 3 is 2.92 bits per heavy atom. The molecule has 0 aromatic carbocycles. The van der Waals surface area contributed by atoms with Gasteiger partial charge in [-0.25, -0.2) is 4.98 Å². The third-order valence-electron chi connectivity index (χ3n) is 3.73. The van der Waals surface area contributed by atoms with Crippen LogP contribution in [0.2, 0.25) is 0 Å². The number of carbonyl (C=O) groups is 1. The zero-order valence-electron chi connectivity index (χ0n) is 13.2. The molecule has 0 radical (unpaired) electrons. The molecule has 5 nitrogen and oxygen atoms in total. The van der Waals surface area contributed by atoms with E-state index in [1.54, 1.807) is 17.5 Å². The third kappa shape index (κ3) is 6.02. The van der Waals surface area contributed by atoms with Crippen LogP contribution >= 0.6 is 36.2 Å². The summed E-state index contributed by atoms with van der Waals surface area (Å²) in [6.07, 6.45) is 5.39.